The minimum Gasteiger partial charge on any atom is -0.493 e. The van der Waals surface area contributed by atoms with Crippen LogP contribution in [0.25, 0.3) is 11.3 Å². The fraction of sp³-hybridized carbons (Fsp3) is 0.333. The summed E-state index contributed by atoms with van der Waals surface area (Å²) in [6.07, 6.45) is 6.23. The highest BCUT2D eigenvalue weighted by molar-refractivity contribution is 5.69. The standard InChI is InChI=1S/C15H17N3O/c1-16-9-11-5-8-19-15-12(11)3-2-4-13(15)14-10-17-6-7-18-14/h2-4,6-7,10-11,16H,5,8-9H2,1H3/t11-/m0/s1. The second-order valence-electron chi connectivity index (χ2n) is 4.71. The van der Waals surface area contributed by atoms with E-state index in [4.69, 9.17) is 4.74 Å². The maximum atomic E-state index is 5.89. The van der Waals surface area contributed by atoms with Gasteiger partial charge in [0.2, 0.25) is 0 Å². The molecule has 0 spiro atoms. The monoisotopic (exact) mass is 255 g/mol. The molecule has 1 N–H and O–H groups in total. The van der Waals surface area contributed by atoms with E-state index in [0.717, 1.165) is 36.6 Å². The second kappa shape index (κ2) is 5.36. The molecule has 1 aliphatic rings. The van der Waals surface area contributed by atoms with Crippen molar-refractivity contribution in [3.63, 3.8) is 0 Å². The fourth-order valence-corrected chi connectivity index (χ4v) is 2.59. The van der Waals surface area contributed by atoms with Crippen molar-refractivity contribution in [1.82, 2.24) is 15.3 Å². The number of hydrogen-bond acceptors (Lipinski definition) is 4. The van der Waals surface area contributed by atoms with E-state index < -0.39 is 0 Å². The number of ether oxygens (including phenoxy) is 1. The third kappa shape index (κ3) is 2.31. The Kier molecular flexibility index (Phi) is 3.42. The SMILES string of the molecule is CNC[C@@H]1CCOc2c(-c3cnccn3)cccc21. The molecule has 0 saturated carbocycles. The molecule has 0 saturated heterocycles. The van der Waals surface area contributed by atoms with Crippen molar-refractivity contribution >= 4 is 0 Å². The summed E-state index contributed by atoms with van der Waals surface area (Å²) in [5.74, 6) is 1.47. The highest BCUT2D eigenvalue weighted by Crippen LogP contribution is 2.39. The lowest BCUT2D eigenvalue weighted by Gasteiger charge is -2.27. The average molecular weight is 255 g/mol. The van der Waals surface area contributed by atoms with Crippen LogP contribution in [-0.2, 0) is 0 Å². The summed E-state index contributed by atoms with van der Waals surface area (Å²) in [5, 5.41) is 3.25. The van der Waals surface area contributed by atoms with Crippen molar-refractivity contribution in [3.05, 3.63) is 42.4 Å². The van der Waals surface area contributed by atoms with Gasteiger partial charge < -0.3 is 10.1 Å². The molecule has 1 aromatic heterocycles. The molecule has 4 nitrogen and oxygen atoms in total. The van der Waals surface area contributed by atoms with Gasteiger partial charge in [0, 0.05) is 30.4 Å². The molecule has 1 atom stereocenters. The Morgan fingerprint density at radius 1 is 1.37 bits per heavy atom. The Bertz CT molecular complexity index is 557. The summed E-state index contributed by atoms with van der Waals surface area (Å²) < 4.78 is 5.89. The van der Waals surface area contributed by atoms with Gasteiger partial charge in [-0.15, -0.1) is 0 Å². The first-order valence-electron chi connectivity index (χ1n) is 6.57. The molecule has 0 amide bonds. The molecule has 2 heterocycles. The van der Waals surface area contributed by atoms with Gasteiger partial charge in [-0.3, -0.25) is 9.97 Å². The minimum atomic E-state index is 0.505. The lowest BCUT2D eigenvalue weighted by atomic mass is 9.90. The predicted molar refractivity (Wildman–Crippen MR) is 74.2 cm³/mol. The van der Waals surface area contributed by atoms with Crippen molar-refractivity contribution in [1.29, 1.82) is 0 Å². The number of aromatic nitrogens is 2. The number of para-hydroxylation sites is 1. The zero-order valence-corrected chi connectivity index (χ0v) is 11.0. The van der Waals surface area contributed by atoms with Crippen molar-refractivity contribution in [2.24, 2.45) is 0 Å². The summed E-state index contributed by atoms with van der Waals surface area (Å²) >= 11 is 0. The molecule has 3 rings (SSSR count). The smallest absolute Gasteiger partial charge is 0.132 e. The first kappa shape index (κ1) is 12.1. The molecule has 0 fully saturated rings. The summed E-state index contributed by atoms with van der Waals surface area (Å²) in [6, 6.07) is 6.27. The van der Waals surface area contributed by atoms with Gasteiger partial charge in [-0.1, -0.05) is 12.1 Å². The summed E-state index contributed by atoms with van der Waals surface area (Å²) in [7, 11) is 1.99. The molecular formula is C15H17N3O. The molecule has 0 aliphatic carbocycles. The van der Waals surface area contributed by atoms with Crippen LogP contribution in [0.2, 0.25) is 0 Å². The van der Waals surface area contributed by atoms with Gasteiger partial charge in [0.1, 0.15) is 5.75 Å². The Morgan fingerprint density at radius 3 is 3.11 bits per heavy atom. The van der Waals surface area contributed by atoms with Gasteiger partial charge >= 0.3 is 0 Å². The maximum absolute atomic E-state index is 5.89. The largest absolute Gasteiger partial charge is 0.493 e. The molecule has 1 aromatic carbocycles. The third-order valence-electron chi connectivity index (χ3n) is 3.49. The molecule has 0 unspecified atom stereocenters. The molecule has 1 aliphatic heterocycles. The van der Waals surface area contributed by atoms with Crippen molar-refractivity contribution in [2.45, 2.75) is 12.3 Å². The summed E-state index contributed by atoms with van der Waals surface area (Å²) in [6.45, 7) is 1.73. The lowest BCUT2D eigenvalue weighted by molar-refractivity contribution is 0.267. The van der Waals surface area contributed by atoms with E-state index in [-0.39, 0.29) is 0 Å². The normalized spacial score (nSPS) is 17.6. The molecule has 0 radical (unpaired) electrons. The number of hydrogen-bond donors (Lipinski definition) is 1. The van der Waals surface area contributed by atoms with E-state index in [1.807, 2.05) is 13.1 Å². The zero-order chi connectivity index (χ0) is 13.1. The average Bonchev–Trinajstić information content (AvgIpc) is 2.48. The Morgan fingerprint density at radius 2 is 2.32 bits per heavy atom. The van der Waals surface area contributed by atoms with Crippen LogP contribution in [0.15, 0.2) is 36.8 Å². The Balaban J connectivity index is 2.06. The maximum Gasteiger partial charge on any atom is 0.132 e. The van der Waals surface area contributed by atoms with Crippen LogP contribution in [0.4, 0.5) is 0 Å². The molecule has 2 aromatic rings. The quantitative estimate of drug-likeness (QED) is 0.913. The number of rotatable bonds is 3. The van der Waals surface area contributed by atoms with Gasteiger partial charge in [-0.25, -0.2) is 0 Å². The van der Waals surface area contributed by atoms with Crippen LogP contribution in [0.3, 0.4) is 0 Å². The van der Waals surface area contributed by atoms with E-state index in [1.54, 1.807) is 18.6 Å². The molecular weight excluding hydrogens is 238 g/mol. The van der Waals surface area contributed by atoms with E-state index in [1.165, 1.54) is 5.56 Å². The van der Waals surface area contributed by atoms with Crippen molar-refractivity contribution < 1.29 is 4.74 Å². The molecule has 0 bridgehead atoms. The third-order valence-corrected chi connectivity index (χ3v) is 3.49. The van der Waals surface area contributed by atoms with Gasteiger partial charge in [0.25, 0.3) is 0 Å². The predicted octanol–water partition coefficient (Wildman–Crippen LogP) is 2.23. The molecule has 4 heteroatoms. The number of fused-ring (bicyclic) bond motifs is 1. The second-order valence-corrected chi connectivity index (χ2v) is 4.71. The van der Waals surface area contributed by atoms with E-state index in [2.05, 4.69) is 27.4 Å². The topological polar surface area (TPSA) is 47.0 Å². The van der Waals surface area contributed by atoms with Crippen LogP contribution in [0, 0.1) is 0 Å². The van der Waals surface area contributed by atoms with Crippen LogP contribution < -0.4 is 10.1 Å². The van der Waals surface area contributed by atoms with Gasteiger partial charge in [0.15, 0.2) is 0 Å². The van der Waals surface area contributed by atoms with Crippen molar-refractivity contribution in [3.8, 4) is 17.0 Å². The Labute approximate surface area is 112 Å². The van der Waals surface area contributed by atoms with E-state index >= 15 is 0 Å². The van der Waals surface area contributed by atoms with Crippen LogP contribution in [-0.4, -0.2) is 30.2 Å². The Hall–Kier alpha value is -1.94. The number of nitrogens with zero attached hydrogens (tertiary/aromatic N) is 2. The first-order chi connectivity index (χ1) is 9.40. The highest BCUT2D eigenvalue weighted by atomic mass is 16.5. The molecule has 98 valence electrons. The first-order valence-corrected chi connectivity index (χ1v) is 6.57. The van der Waals surface area contributed by atoms with Gasteiger partial charge in [-0.2, -0.15) is 0 Å². The molecule has 19 heavy (non-hydrogen) atoms. The number of nitrogens with one attached hydrogen (secondary N) is 1. The number of likely N-dealkylation sites (N-methyl/N-ethyl adjacent to an activating group) is 1. The highest BCUT2D eigenvalue weighted by Gasteiger charge is 2.23. The minimum absolute atomic E-state index is 0.505. The van der Waals surface area contributed by atoms with Crippen LogP contribution in [0.1, 0.15) is 17.9 Å². The van der Waals surface area contributed by atoms with E-state index in [9.17, 15) is 0 Å². The fourth-order valence-electron chi connectivity index (χ4n) is 2.59. The van der Waals surface area contributed by atoms with Crippen molar-refractivity contribution in [2.75, 3.05) is 20.2 Å². The van der Waals surface area contributed by atoms with Crippen LogP contribution in [0.5, 0.6) is 5.75 Å². The van der Waals surface area contributed by atoms with Gasteiger partial charge in [-0.05, 0) is 25.1 Å². The lowest BCUT2D eigenvalue weighted by Crippen LogP contribution is -2.23. The van der Waals surface area contributed by atoms with Crippen LogP contribution >= 0.6 is 0 Å². The number of benzene rings is 1. The summed E-state index contributed by atoms with van der Waals surface area (Å²) in [4.78, 5) is 8.50. The van der Waals surface area contributed by atoms with E-state index in [0.29, 0.717) is 5.92 Å². The summed E-state index contributed by atoms with van der Waals surface area (Å²) in [5.41, 5.74) is 3.17. The van der Waals surface area contributed by atoms with Gasteiger partial charge in [0.05, 0.1) is 18.5 Å². The zero-order valence-electron chi connectivity index (χ0n) is 11.0.